The molecule has 0 unspecified atom stereocenters. The van der Waals surface area contributed by atoms with E-state index in [-0.39, 0.29) is 17.8 Å². The summed E-state index contributed by atoms with van der Waals surface area (Å²) in [5, 5.41) is 6.05. The van der Waals surface area contributed by atoms with E-state index in [2.05, 4.69) is 63.2 Å². The summed E-state index contributed by atoms with van der Waals surface area (Å²) in [5.41, 5.74) is 2.78. The van der Waals surface area contributed by atoms with E-state index in [1.54, 1.807) is 6.92 Å². The van der Waals surface area contributed by atoms with Gasteiger partial charge in [0, 0.05) is 6.54 Å². The van der Waals surface area contributed by atoms with Gasteiger partial charge in [0.15, 0.2) is 0 Å². The summed E-state index contributed by atoms with van der Waals surface area (Å²) in [6.07, 6.45) is -0.124. The number of benzene rings is 1. The summed E-state index contributed by atoms with van der Waals surface area (Å²) in [7, 11) is 1.28. The first-order chi connectivity index (χ1) is 12.9. The van der Waals surface area contributed by atoms with Crippen molar-refractivity contribution in [1.82, 2.24) is 19.6 Å². The molecule has 2 aromatic heterocycles. The number of hydrogen-bond acceptors (Lipinski definition) is 6. The molecule has 3 rings (SSSR count). The summed E-state index contributed by atoms with van der Waals surface area (Å²) in [6.45, 7) is 6.55. The minimum absolute atomic E-state index is 0.124. The normalized spacial score (nSPS) is 11.1. The quantitative estimate of drug-likeness (QED) is 0.646. The highest BCUT2D eigenvalue weighted by atomic mass is 16.5. The molecule has 8 nitrogen and oxygen atoms in total. The molecule has 142 valence electrons. The molecule has 3 aromatic rings. The van der Waals surface area contributed by atoms with Gasteiger partial charge in [0.25, 0.3) is 11.3 Å². The number of nitrogens with one attached hydrogen (secondary N) is 2. The minimum atomic E-state index is -0.486. The van der Waals surface area contributed by atoms with Crippen LogP contribution in [0.5, 0.6) is 0 Å². The number of esters is 1. The molecule has 0 aliphatic rings. The van der Waals surface area contributed by atoms with Crippen molar-refractivity contribution in [1.29, 1.82) is 0 Å². The zero-order valence-electron chi connectivity index (χ0n) is 15.9. The molecule has 0 aliphatic carbocycles. The van der Waals surface area contributed by atoms with Gasteiger partial charge >= 0.3 is 5.97 Å². The van der Waals surface area contributed by atoms with E-state index in [0.717, 1.165) is 5.56 Å². The van der Waals surface area contributed by atoms with Gasteiger partial charge in [0.05, 0.1) is 24.8 Å². The Morgan fingerprint density at radius 3 is 2.59 bits per heavy atom. The van der Waals surface area contributed by atoms with Crippen LogP contribution < -0.4 is 10.9 Å². The number of nitrogens with zero attached hydrogens (tertiary/aromatic N) is 3. The zero-order valence-corrected chi connectivity index (χ0v) is 15.9. The van der Waals surface area contributed by atoms with Crippen molar-refractivity contribution in [2.75, 3.05) is 12.4 Å². The van der Waals surface area contributed by atoms with Gasteiger partial charge in [-0.25, -0.2) is 4.98 Å². The van der Waals surface area contributed by atoms with Gasteiger partial charge in [0.2, 0.25) is 5.95 Å². The molecule has 0 saturated heterocycles. The van der Waals surface area contributed by atoms with Crippen molar-refractivity contribution in [3.05, 3.63) is 57.0 Å². The standard InChI is InChI=1S/C19H23N5O3/c1-11(2)14-7-5-13(6-8-14)10-20-18-22-19-21-12(3)15(9-16(25)27-4)17(26)24(19)23-18/h5-8,11H,9-10H2,1-4H3,(H2,20,21,22,23). The largest absolute Gasteiger partial charge is 0.469 e. The molecule has 8 heteroatoms. The van der Waals surface area contributed by atoms with Crippen LogP contribution >= 0.6 is 0 Å². The summed E-state index contributed by atoms with van der Waals surface area (Å²) in [6, 6.07) is 8.34. The molecule has 0 atom stereocenters. The molecule has 0 fully saturated rings. The van der Waals surface area contributed by atoms with Gasteiger partial charge in [-0.2, -0.15) is 9.50 Å². The average molecular weight is 369 g/mol. The highest BCUT2D eigenvalue weighted by Crippen LogP contribution is 2.15. The van der Waals surface area contributed by atoms with Crippen LogP contribution in [-0.4, -0.2) is 32.7 Å². The molecular formula is C19H23N5O3. The number of rotatable bonds is 6. The smallest absolute Gasteiger partial charge is 0.310 e. The molecule has 0 amide bonds. The molecule has 0 saturated carbocycles. The fraction of sp³-hybridized carbons (Fsp3) is 0.368. The third kappa shape index (κ3) is 3.99. The second-order valence-electron chi connectivity index (χ2n) is 6.69. The number of aromatic amines is 1. The van der Waals surface area contributed by atoms with Gasteiger partial charge < -0.3 is 10.1 Å². The molecule has 2 N–H and O–H groups in total. The number of anilines is 1. The third-order valence-corrected chi connectivity index (χ3v) is 4.45. The predicted octanol–water partition coefficient (Wildman–Crippen LogP) is 2.18. The Kier molecular flexibility index (Phi) is 5.25. The Hall–Kier alpha value is -3.16. The van der Waals surface area contributed by atoms with Crippen LogP contribution in [0.2, 0.25) is 0 Å². The number of hydrogen-bond donors (Lipinski definition) is 2. The van der Waals surface area contributed by atoms with Crippen molar-refractivity contribution >= 4 is 17.7 Å². The van der Waals surface area contributed by atoms with Crippen molar-refractivity contribution in [2.45, 2.75) is 39.7 Å². The maximum Gasteiger partial charge on any atom is 0.310 e. The summed E-state index contributed by atoms with van der Waals surface area (Å²) in [4.78, 5) is 32.7. The maximum atomic E-state index is 12.6. The zero-order chi connectivity index (χ0) is 19.6. The Balaban J connectivity index is 1.81. The van der Waals surface area contributed by atoms with E-state index < -0.39 is 5.97 Å². The molecule has 2 heterocycles. The number of ether oxygens (including phenoxy) is 1. The molecule has 1 aromatic carbocycles. The molecule has 0 spiro atoms. The predicted molar refractivity (Wildman–Crippen MR) is 102 cm³/mol. The number of aromatic nitrogens is 4. The topological polar surface area (TPSA) is 101 Å². The number of fused-ring (bicyclic) bond motifs is 1. The third-order valence-electron chi connectivity index (χ3n) is 4.45. The lowest BCUT2D eigenvalue weighted by Crippen LogP contribution is -2.24. The van der Waals surface area contributed by atoms with E-state index in [1.807, 2.05) is 0 Å². The van der Waals surface area contributed by atoms with Gasteiger partial charge in [-0.3, -0.25) is 14.7 Å². The van der Waals surface area contributed by atoms with Crippen molar-refractivity contribution < 1.29 is 9.53 Å². The van der Waals surface area contributed by atoms with Crippen LogP contribution in [0.3, 0.4) is 0 Å². The Bertz CT molecular complexity index is 1020. The second-order valence-corrected chi connectivity index (χ2v) is 6.69. The summed E-state index contributed by atoms with van der Waals surface area (Å²) in [5.74, 6) is 0.688. The molecular weight excluding hydrogens is 346 g/mol. The first-order valence-corrected chi connectivity index (χ1v) is 8.76. The number of H-pyrrole nitrogens is 1. The molecule has 0 aliphatic heterocycles. The van der Waals surface area contributed by atoms with Crippen LogP contribution in [0, 0.1) is 6.92 Å². The number of aryl methyl sites for hydroxylation is 1. The number of carbonyl (C=O) groups excluding carboxylic acids is 1. The van der Waals surface area contributed by atoms with Crippen LogP contribution in [0.4, 0.5) is 5.95 Å². The van der Waals surface area contributed by atoms with E-state index in [9.17, 15) is 9.59 Å². The number of carbonyl (C=O) groups is 1. The van der Waals surface area contributed by atoms with Crippen LogP contribution in [0.15, 0.2) is 29.1 Å². The number of methoxy groups -OCH3 is 1. The lowest BCUT2D eigenvalue weighted by atomic mass is 10.0. The Labute approximate surface area is 156 Å². The van der Waals surface area contributed by atoms with E-state index in [0.29, 0.717) is 29.7 Å². The SMILES string of the molecule is COC(=O)Cc1c(C)nc2nc(NCc3ccc(C(C)C)cc3)[nH]n2c1=O. The lowest BCUT2D eigenvalue weighted by Gasteiger charge is -2.07. The average Bonchev–Trinajstić information content (AvgIpc) is 3.06. The molecule has 0 radical (unpaired) electrons. The second kappa shape index (κ2) is 7.61. The first-order valence-electron chi connectivity index (χ1n) is 8.76. The van der Waals surface area contributed by atoms with Crippen LogP contribution in [0.1, 0.15) is 42.1 Å². The molecule has 27 heavy (non-hydrogen) atoms. The molecule has 0 bridgehead atoms. The monoisotopic (exact) mass is 369 g/mol. The Morgan fingerprint density at radius 2 is 1.96 bits per heavy atom. The lowest BCUT2D eigenvalue weighted by molar-refractivity contribution is -0.139. The Morgan fingerprint density at radius 1 is 1.26 bits per heavy atom. The minimum Gasteiger partial charge on any atom is -0.469 e. The van der Waals surface area contributed by atoms with Crippen molar-refractivity contribution in [3.8, 4) is 0 Å². The summed E-state index contributed by atoms with van der Waals surface area (Å²) < 4.78 is 5.87. The van der Waals surface area contributed by atoms with Gasteiger partial charge in [-0.05, 0) is 24.0 Å². The van der Waals surface area contributed by atoms with Gasteiger partial charge in [-0.15, -0.1) is 0 Å². The fourth-order valence-corrected chi connectivity index (χ4v) is 2.76. The fourth-order valence-electron chi connectivity index (χ4n) is 2.76. The highest BCUT2D eigenvalue weighted by Gasteiger charge is 2.16. The van der Waals surface area contributed by atoms with Crippen LogP contribution in [-0.2, 0) is 22.5 Å². The van der Waals surface area contributed by atoms with Gasteiger partial charge in [-0.1, -0.05) is 38.1 Å². The first kappa shape index (κ1) is 18.6. The van der Waals surface area contributed by atoms with E-state index in [4.69, 9.17) is 0 Å². The van der Waals surface area contributed by atoms with E-state index in [1.165, 1.54) is 17.2 Å². The summed E-state index contributed by atoms with van der Waals surface area (Å²) >= 11 is 0. The van der Waals surface area contributed by atoms with Crippen molar-refractivity contribution in [2.24, 2.45) is 0 Å². The van der Waals surface area contributed by atoms with Crippen molar-refractivity contribution in [3.63, 3.8) is 0 Å². The van der Waals surface area contributed by atoms with Crippen LogP contribution in [0.25, 0.3) is 5.78 Å². The van der Waals surface area contributed by atoms with Gasteiger partial charge in [0.1, 0.15) is 0 Å². The maximum absolute atomic E-state index is 12.6. The van der Waals surface area contributed by atoms with E-state index >= 15 is 0 Å². The highest BCUT2D eigenvalue weighted by molar-refractivity contribution is 5.72.